The number of aryl methyl sites for hydroxylation is 1. The van der Waals surface area contributed by atoms with Crippen LogP contribution >= 0.6 is 11.3 Å². The quantitative estimate of drug-likeness (QED) is 0.497. The molecule has 8 nitrogen and oxygen atoms in total. The highest BCUT2D eigenvalue weighted by Gasteiger charge is 2.33. The highest BCUT2D eigenvalue weighted by atomic mass is 32.1. The Morgan fingerprint density at radius 2 is 2.06 bits per heavy atom. The highest BCUT2D eigenvalue weighted by molar-refractivity contribution is 7.17. The van der Waals surface area contributed by atoms with Gasteiger partial charge in [0.2, 0.25) is 10.8 Å². The molecule has 0 saturated carbocycles. The van der Waals surface area contributed by atoms with E-state index in [0.717, 1.165) is 5.56 Å². The Bertz CT molecular complexity index is 1240. The molecule has 1 amide bonds. The number of rotatable bonds is 5. The van der Waals surface area contributed by atoms with Gasteiger partial charge in [-0.1, -0.05) is 30.4 Å². The van der Waals surface area contributed by atoms with Crippen molar-refractivity contribution in [3.05, 3.63) is 70.5 Å². The van der Waals surface area contributed by atoms with Crippen LogP contribution in [-0.2, 0) is 6.42 Å². The number of aromatic hydroxyl groups is 1. The van der Waals surface area contributed by atoms with E-state index in [1.807, 2.05) is 13.0 Å². The first-order valence-electron chi connectivity index (χ1n) is 10.4. The Morgan fingerprint density at radius 3 is 2.72 bits per heavy atom. The predicted molar refractivity (Wildman–Crippen MR) is 116 cm³/mol. The van der Waals surface area contributed by atoms with Crippen molar-refractivity contribution in [2.24, 2.45) is 0 Å². The summed E-state index contributed by atoms with van der Waals surface area (Å²) in [6, 6.07) is 9.36. The zero-order valence-corrected chi connectivity index (χ0v) is 18.3. The van der Waals surface area contributed by atoms with Gasteiger partial charge in [0, 0.05) is 32.6 Å². The number of halogens is 1. The number of hydrogen-bond donors (Lipinski definition) is 1. The van der Waals surface area contributed by atoms with E-state index in [1.54, 1.807) is 23.1 Å². The maximum absolute atomic E-state index is 14.1. The van der Waals surface area contributed by atoms with E-state index >= 15 is 0 Å². The van der Waals surface area contributed by atoms with Crippen molar-refractivity contribution in [3.8, 4) is 5.88 Å². The van der Waals surface area contributed by atoms with Gasteiger partial charge in [0.15, 0.2) is 11.6 Å². The molecule has 0 spiro atoms. The lowest BCUT2D eigenvalue weighted by atomic mass is 10.0. The molecule has 1 N–H and O–H groups in total. The molecule has 166 valence electrons. The third-order valence-electron chi connectivity index (χ3n) is 5.67. The standard InChI is InChI=1S/C22H22FN5O3S/c1-2-17-24-22-28(25-17)21(30)19(32-22)18(14-5-3-6-15(23)13-14)26-8-10-27(11-9-26)20(29)16-7-4-12-31-16/h3-7,12-13,18,30H,2,8-11H2,1H3/t18-/m0/s1. The predicted octanol–water partition coefficient (Wildman–Crippen LogP) is 3.34. The molecule has 4 heterocycles. The normalized spacial score (nSPS) is 16.0. The van der Waals surface area contributed by atoms with Crippen molar-refractivity contribution < 1.29 is 18.7 Å². The molecule has 1 fully saturated rings. The second kappa shape index (κ2) is 8.36. The summed E-state index contributed by atoms with van der Waals surface area (Å²) < 4.78 is 20.8. The Labute approximate surface area is 187 Å². The van der Waals surface area contributed by atoms with Gasteiger partial charge in [-0.15, -0.1) is 5.10 Å². The van der Waals surface area contributed by atoms with Crippen LogP contribution in [0.2, 0.25) is 0 Å². The lowest BCUT2D eigenvalue weighted by Gasteiger charge is -2.38. The molecule has 5 rings (SSSR count). The highest BCUT2D eigenvalue weighted by Crippen LogP contribution is 2.40. The largest absolute Gasteiger partial charge is 0.492 e. The zero-order chi connectivity index (χ0) is 22.2. The molecule has 32 heavy (non-hydrogen) atoms. The number of carbonyl (C=O) groups excluding carboxylic acids is 1. The molecule has 1 aromatic carbocycles. The van der Waals surface area contributed by atoms with E-state index in [0.29, 0.717) is 54.0 Å². The zero-order valence-electron chi connectivity index (χ0n) is 17.4. The van der Waals surface area contributed by atoms with E-state index < -0.39 is 0 Å². The first-order chi connectivity index (χ1) is 15.5. The second-order valence-electron chi connectivity index (χ2n) is 7.63. The van der Waals surface area contributed by atoms with Crippen LogP contribution in [0.5, 0.6) is 5.88 Å². The van der Waals surface area contributed by atoms with Gasteiger partial charge < -0.3 is 14.4 Å². The summed E-state index contributed by atoms with van der Waals surface area (Å²) in [5.41, 5.74) is 0.728. The lowest BCUT2D eigenvalue weighted by Crippen LogP contribution is -2.49. The number of thiazole rings is 1. The van der Waals surface area contributed by atoms with Crippen LogP contribution in [0.15, 0.2) is 47.1 Å². The summed E-state index contributed by atoms with van der Waals surface area (Å²) in [7, 11) is 0. The first kappa shape index (κ1) is 20.7. The molecule has 0 radical (unpaired) electrons. The fourth-order valence-electron chi connectivity index (χ4n) is 4.06. The summed E-state index contributed by atoms with van der Waals surface area (Å²) in [5, 5.41) is 15.3. The Kier molecular flexibility index (Phi) is 5.40. The second-order valence-corrected chi connectivity index (χ2v) is 8.64. The van der Waals surface area contributed by atoms with Gasteiger partial charge in [-0.3, -0.25) is 9.69 Å². The molecule has 1 aliphatic rings. The minimum absolute atomic E-state index is 0.0144. The number of nitrogens with zero attached hydrogens (tertiary/aromatic N) is 5. The monoisotopic (exact) mass is 455 g/mol. The Hall–Kier alpha value is -3.24. The van der Waals surface area contributed by atoms with Crippen molar-refractivity contribution in [1.29, 1.82) is 0 Å². The van der Waals surface area contributed by atoms with Crippen molar-refractivity contribution in [3.63, 3.8) is 0 Å². The Balaban J connectivity index is 1.46. The van der Waals surface area contributed by atoms with Crippen molar-refractivity contribution in [1.82, 2.24) is 24.4 Å². The SMILES string of the molecule is CCc1nc2sc([C@H](c3cccc(F)c3)N3CCN(C(=O)c4ccco4)CC3)c(O)n2n1. The maximum atomic E-state index is 14.1. The van der Waals surface area contributed by atoms with Crippen molar-refractivity contribution in [2.45, 2.75) is 19.4 Å². The van der Waals surface area contributed by atoms with Crippen LogP contribution in [0.1, 0.15) is 39.8 Å². The molecular weight excluding hydrogens is 433 g/mol. The minimum Gasteiger partial charge on any atom is -0.492 e. The summed E-state index contributed by atoms with van der Waals surface area (Å²) in [6.07, 6.45) is 2.15. The number of aromatic nitrogens is 3. The number of furan rings is 1. The number of carbonyl (C=O) groups is 1. The number of benzene rings is 1. The van der Waals surface area contributed by atoms with Gasteiger partial charge in [-0.05, 0) is 29.8 Å². The fourth-order valence-corrected chi connectivity index (χ4v) is 5.20. The Morgan fingerprint density at radius 1 is 1.25 bits per heavy atom. The van der Waals surface area contributed by atoms with Crippen LogP contribution < -0.4 is 0 Å². The van der Waals surface area contributed by atoms with E-state index in [2.05, 4.69) is 15.0 Å². The number of amides is 1. The molecule has 1 atom stereocenters. The molecule has 4 aromatic rings. The van der Waals surface area contributed by atoms with Gasteiger partial charge in [-0.2, -0.15) is 4.52 Å². The summed E-state index contributed by atoms with van der Waals surface area (Å²) >= 11 is 1.35. The van der Waals surface area contributed by atoms with E-state index in [1.165, 1.54) is 34.2 Å². The van der Waals surface area contributed by atoms with E-state index in [9.17, 15) is 14.3 Å². The smallest absolute Gasteiger partial charge is 0.289 e. The van der Waals surface area contributed by atoms with Crippen molar-refractivity contribution >= 4 is 22.2 Å². The number of piperazine rings is 1. The molecule has 3 aromatic heterocycles. The molecular formula is C22H22FN5O3S. The van der Waals surface area contributed by atoms with Gasteiger partial charge in [0.25, 0.3) is 5.91 Å². The van der Waals surface area contributed by atoms with Gasteiger partial charge in [-0.25, -0.2) is 9.37 Å². The van der Waals surface area contributed by atoms with Gasteiger partial charge in [0.1, 0.15) is 5.82 Å². The van der Waals surface area contributed by atoms with E-state index in [-0.39, 0.29) is 23.6 Å². The molecule has 0 unspecified atom stereocenters. The van der Waals surface area contributed by atoms with Crippen molar-refractivity contribution in [2.75, 3.05) is 26.2 Å². The molecule has 0 bridgehead atoms. The number of fused-ring (bicyclic) bond motifs is 1. The average molecular weight is 456 g/mol. The summed E-state index contributed by atoms with van der Waals surface area (Å²) in [6.45, 7) is 4.05. The molecule has 1 saturated heterocycles. The fraction of sp³-hybridized carbons (Fsp3) is 0.318. The summed E-state index contributed by atoms with van der Waals surface area (Å²) in [5.74, 6) is 0.498. The van der Waals surface area contributed by atoms with Crippen LogP contribution in [0.25, 0.3) is 4.96 Å². The van der Waals surface area contributed by atoms with Crippen LogP contribution in [0.3, 0.4) is 0 Å². The van der Waals surface area contributed by atoms with Crippen LogP contribution in [-0.4, -0.2) is 61.6 Å². The third kappa shape index (κ3) is 3.65. The lowest BCUT2D eigenvalue weighted by molar-refractivity contribution is 0.0567. The molecule has 1 aliphatic heterocycles. The first-order valence-corrected chi connectivity index (χ1v) is 11.3. The summed E-state index contributed by atoms with van der Waals surface area (Å²) in [4.78, 5) is 22.2. The molecule has 0 aliphatic carbocycles. The van der Waals surface area contributed by atoms with E-state index in [4.69, 9.17) is 4.42 Å². The molecule has 10 heteroatoms. The van der Waals surface area contributed by atoms with Crippen LogP contribution in [0.4, 0.5) is 4.39 Å². The topological polar surface area (TPSA) is 87.1 Å². The third-order valence-corrected chi connectivity index (χ3v) is 6.74. The van der Waals surface area contributed by atoms with Gasteiger partial charge in [0.05, 0.1) is 17.2 Å². The maximum Gasteiger partial charge on any atom is 0.289 e. The minimum atomic E-state index is -0.384. The average Bonchev–Trinajstić information content (AvgIpc) is 3.53. The van der Waals surface area contributed by atoms with Gasteiger partial charge >= 0.3 is 0 Å². The van der Waals surface area contributed by atoms with Crippen LogP contribution in [0, 0.1) is 5.82 Å². The number of hydrogen-bond acceptors (Lipinski definition) is 7.